The summed E-state index contributed by atoms with van der Waals surface area (Å²) in [6, 6.07) is 16.6. The van der Waals surface area contributed by atoms with Crippen LogP contribution in [0, 0.1) is 45.3 Å². The summed E-state index contributed by atoms with van der Waals surface area (Å²) < 4.78 is 36.0. The van der Waals surface area contributed by atoms with E-state index in [1.165, 1.54) is 32.9 Å². The van der Waals surface area contributed by atoms with Gasteiger partial charge in [-0.05, 0) is 79.7 Å². The van der Waals surface area contributed by atoms with Gasteiger partial charge in [0.15, 0.2) is 17.0 Å². The van der Waals surface area contributed by atoms with Crippen molar-refractivity contribution in [3.05, 3.63) is 94.1 Å². The fourth-order valence-electron chi connectivity index (χ4n) is 16.1. The molecule has 438 valence electrons. The fourth-order valence-corrected chi connectivity index (χ4v) is 16.1. The van der Waals surface area contributed by atoms with Gasteiger partial charge in [-0.15, -0.1) is 0 Å². The Morgan fingerprint density at radius 1 is 0.575 bits per heavy atom. The first-order chi connectivity index (χ1) is 37.2. The Balaban J connectivity index is 0.000000204. The zero-order valence-corrected chi connectivity index (χ0v) is 48.5. The lowest BCUT2D eigenvalue weighted by Gasteiger charge is -2.68. The molecule has 6 N–H and O–H groups in total. The van der Waals surface area contributed by atoms with E-state index >= 15 is 0 Å². The van der Waals surface area contributed by atoms with Gasteiger partial charge in [0.1, 0.15) is 47.5 Å². The van der Waals surface area contributed by atoms with E-state index in [-0.39, 0.29) is 60.9 Å². The van der Waals surface area contributed by atoms with Gasteiger partial charge in [-0.1, -0.05) is 98.7 Å². The number of ether oxygens (including phenoxy) is 6. The van der Waals surface area contributed by atoms with Gasteiger partial charge in [0, 0.05) is 55.3 Å². The lowest BCUT2D eigenvalue weighted by Crippen LogP contribution is -2.81. The molecule has 4 bridgehead atoms. The Labute approximate surface area is 468 Å². The number of benzene rings is 2. The average molecular weight is 1120 g/mol. The summed E-state index contributed by atoms with van der Waals surface area (Å²) in [5, 5.41) is 70.8. The highest BCUT2D eigenvalue weighted by molar-refractivity contribution is 5.95. The highest BCUT2D eigenvalue weighted by atomic mass is 16.6. The van der Waals surface area contributed by atoms with E-state index in [4.69, 9.17) is 28.4 Å². The highest BCUT2D eigenvalue weighted by Gasteiger charge is 2.79. The van der Waals surface area contributed by atoms with Crippen molar-refractivity contribution in [2.75, 3.05) is 13.2 Å². The lowest BCUT2D eigenvalue weighted by molar-refractivity contribution is -0.345. The summed E-state index contributed by atoms with van der Waals surface area (Å²) in [4.78, 5) is 81.2. The molecule has 0 spiro atoms. The maximum atomic E-state index is 14.7. The quantitative estimate of drug-likeness (QED) is 0.114. The van der Waals surface area contributed by atoms with Crippen molar-refractivity contribution in [3.63, 3.8) is 0 Å². The lowest BCUT2D eigenvalue weighted by atomic mass is 9.42. The molecule has 2 unspecified atom stereocenters. The first-order valence-electron chi connectivity index (χ1n) is 28.1. The summed E-state index contributed by atoms with van der Waals surface area (Å²) in [7, 11) is 0. The molecule has 6 fully saturated rings. The Morgan fingerprint density at radius 2 is 0.963 bits per heavy atom. The zero-order valence-electron chi connectivity index (χ0n) is 48.5. The van der Waals surface area contributed by atoms with Gasteiger partial charge in [-0.3, -0.25) is 19.2 Å². The van der Waals surface area contributed by atoms with Crippen molar-refractivity contribution in [1.29, 1.82) is 0 Å². The van der Waals surface area contributed by atoms with Crippen LogP contribution in [0.25, 0.3) is 0 Å². The molecule has 6 aliphatic carbocycles. The second-order valence-electron chi connectivity index (χ2n) is 25.1. The van der Waals surface area contributed by atoms with Crippen molar-refractivity contribution in [3.8, 4) is 0 Å². The normalized spacial score (nSPS) is 41.8. The van der Waals surface area contributed by atoms with Crippen LogP contribution in [0.3, 0.4) is 0 Å². The van der Waals surface area contributed by atoms with E-state index in [1.807, 2.05) is 48.5 Å². The third-order valence-electron chi connectivity index (χ3n) is 20.7. The minimum atomic E-state index is -2.07. The fraction of sp³-hybridized carbons (Fsp3) is 0.645. The number of hydrogen-bond donors (Lipinski definition) is 6. The van der Waals surface area contributed by atoms with Gasteiger partial charge in [0.05, 0.1) is 59.9 Å². The smallest absolute Gasteiger partial charge is 0.338 e. The van der Waals surface area contributed by atoms with Crippen LogP contribution in [0.5, 0.6) is 0 Å². The number of esters is 4. The number of rotatable bonds is 6. The molecule has 18 atom stereocenters. The van der Waals surface area contributed by atoms with Crippen molar-refractivity contribution in [1.82, 2.24) is 0 Å². The number of fused-ring (bicyclic) bond motifs is 10. The largest absolute Gasteiger partial charge is 0.455 e. The predicted octanol–water partition coefficient (Wildman–Crippen LogP) is 5.74. The predicted molar refractivity (Wildman–Crippen MR) is 288 cm³/mol. The van der Waals surface area contributed by atoms with Crippen LogP contribution in [0.2, 0.25) is 0 Å². The molecule has 0 amide bonds. The number of carbonyl (C=O) groups excluding carboxylic acids is 6. The van der Waals surface area contributed by atoms with Gasteiger partial charge < -0.3 is 59.1 Å². The summed E-state index contributed by atoms with van der Waals surface area (Å²) in [6.45, 7) is 23.8. The zero-order chi connectivity index (χ0) is 59.4. The first kappa shape index (κ1) is 60.9. The number of carbonyl (C=O) groups is 6. The van der Waals surface area contributed by atoms with Crippen molar-refractivity contribution >= 4 is 35.4 Å². The van der Waals surface area contributed by atoms with E-state index < -0.39 is 140 Å². The third kappa shape index (κ3) is 8.61. The topological polar surface area (TPSA) is 279 Å². The molecule has 18 heteroatoms. The van der Waals surface area contributed by atoms with Crippen LogP contribution in [0.15, 0.2) is 83.0 Å². The summed E-state index contributed by atoms with van der Waals surface area (Å²) in [5.41, 5.74) is -9.92. The van der Waals surface area contributed by atoms with E-state index in [0.717, 1.165) is 0 Å². The number of hydrogen-bond acceptors (Lipinski definition) is 18. The first-order valence-corrected chi connectivity index (χ1v) is 28.1. The van der Waals surface area contributed by atoms with Gasteiger partial charge in [0.25, 0.3) is 0 Å². The number of aliphatic hydroxyl groups excluding tert-OH is 4. The molecule has 4 saturated carbocycles. The van der Waals surface area contributed by atoms with Crippen LogP contribution in [-0.2, 0) is 47.6 Å². The molecule has 8 aliphatic rings. The summed E-state index contributed by atoms with van der Waals surface area (Å²) >= 11 is 0. The van der Waals surface area contributed by atoms with Gasteiger partial charge in [-0.2, -0.15) is 0 Å². The standard InChI is InChI=1S/C31H40O8.C29H36O10.C2H6/c1-16-13-22-30(15-37-22,39-19(4)32)24-26(38-27(35)20-11-9-8-10-12-20)31(36)14-21(33)17(2)23(28(31,5)6)18(3)25(34)29(16,24)7;1-14-17(31)12-29(36)24(38-25(35)16-9-7-6-8-10-16)22-27(5,23(34)21(33)20(14)26(29,3)4)18(32)11-19-28(22,13-37-19)39-15(2)30;1-2/h8-12,16,18,21-22,24,26,33,36H,13-15H2,1-7H3;6-10,17-19,21-22,24,31-33,36H,11-13H2,1-5H3;1-2H3/t16-,18+,21-,22+,24?,26-,29+,30-,31+;17-,18-,19+,21+,22?,24-,27+,28-,29+;/m00./s1. The Bertz CT molecular complexity index is 2670. The van der Waals surface area contributed by atoms with E-state index in [1.54, 1.807) is 76.2 Å². The molecule has 2 aromatic rings. The second kappa shape index (κ2) is 20.9. The maximum absolute atomic E-state index is 14.7. The summed E-state index contributed by atoms with van der Waals surface area (Å²) in [5.74, 6) is -6.68. The Kier molecular flexibility index (Phi) is 15.9. The van der Waals surface area contributed by atoms with Crippen molar-refractivity contribution in [2.24, 2.45) is 45.3 Å². The SMILES string of the molecule is CC.CC(=O)O[C@@]12CO[C@@H]1C[C@H](C)[C@@]1(C)C(=O)[C@H](C)C3=C(C)[C@@H](O)C[C@@](O)([C@@H](OC(=O)c4ccccc4)C12)C3(C)C.CC(=O)O[C@@]12CO[C@@H]1C[C@H](O)[C@@]1(C)C(=O)[C@H](O)C3=C(C)[C@@H](O)C[C@@](O)([C@@H](OC(=O)c4ccccc4)C12)C3(C)C. The van der Waals surface area contributed by atoms with Crippen LogP contribution in [0.1, 0.15) is 143 Å². The molecule has 0 aromatic heterocycles. The number of ketones is 2. The third-order valence-corrected chi connectivity index (χ3v) is 20.7. The highest BCUT2D eigenvalue weighted by Crippen LogP contribution is 2.67. The van der Waals surface area contributed by atoms with Crippen molar-refractivity contribution < 1.29 is 87.8 Å². The molecule has 2 aromatic carbocycles. The molecular weight excluding hydrogens is 1030 g/mol. The van der Waals surface area contributed by atoms with Gasteiger partial charge in [-0.25, -0.2) is 9.59 Å². The minimum Gasteiger partial charge on any atom is -0.455 e. The molecule has 2 aliphatic heterocycles. The number of Topliss-reactive ketones (excluding diaryl/α,β-unsaturated/α-hetero) is 2. The average Bonchev–Trinajstić information content (AvgIpc) is 1.72. The van der Waals surface area contributed by atoms with E-state index in [2.05, 4.69) is 0 Å². The monoisotopic (exact) mass is 1110 g/mol. The maximum Gasteiger partial charge on any atom is 0.338 e. The van der Waals surface area contributed by atoms with Gasteiger partial charge in [0.2, 0.25) is 0 Å². The molecule has 80 heavy (non-hydrogen) atoms. The Morgan fingerprint density at radius 3 is 1.36 bits per heavy atom. The molecule has 2 saturated heterocycles. The van der Waals surface area contributed by atoms with Crippen LogP contribution in [-0.4, -0.2) is 151 Å². The van der Waals surface area contributed by atoms with E-state index in [0.29, 0.717) is 23.1 Å². The Hall–Kier alpha value is -5.18. The second-order valence-corrected chi connectivity index (χ2v) is 25.1. The van der Waals surface area contributed by atoms with Gasteiger partial charge >= 0.3 is 23.9 Å². The van der Waals surface area contributed by atoms with E-state index in [9.17, 15) is 59.4 Å². The van der Waals surface area contributed by atoms with Crippen LogP contribution in [0.4, 0.5) is 0 Å². The number of aliphatic hydroxyl groups is 6. The van der Waals surface area contributed by atoms with Crippen LogP contribution < -0.4 is 0 Å². The van der Waals surface area contributed by atoms with Crippen LogP contribution >= 0.6 is 0 Å². The van der Waals surface area contributed by atoms with Crippen molar-refractivity contribution in [2.45, 2.75) is 194 Å². The minimum absolute atomic E-state index is 0.0199. The molecule has 2 heterocycles. The molecule has 10 rings (SSSR count). The molecular formula is C62H82O18. The molecule has 0 radical (unpaired) electrons. The summed E-state index contributed by atoms with van der Waals surface area (Å²) in [6.07, 6.45) is -9.76. The molecule has 18 nitrogen and oxygen atoms in total.